The Morgan fingerprint density at radius 3 is 2.68 bits per heavy atom. The van der Waals surface area contributed by atoms with Crippen molar-refractivity contribution in [3.63, 3.8) is 0 Å². The van der Waals surface area contributed by atoms with E-state index < -0.39 is 0 Å². The zero-order chi connectivity index (χ0) is 17.8. The Hall–Kier alpha value is -2.27. The van der Waals surface area contributed by atoms with Gasteiger partial charge in [-0.2, -0.15) is 0 Å². The molecule has 1 heterocycles. The van der Waals surface area contributed by atoms with Crippen molar-refractivity contribution in [3.8, 4) is 0 Å². The monoisotopic (exact) mass is 354 g/mol. The van der Waals surface area contributed by atoms with Gasteiger partial charge in [0.2, 0.25) is 0 Å². The highest BCUT2D eigenvalue weighted by atomic mass is 32.2. The van der Waals surface area contributed by atoms with Crippen molar-refractivity contribution in [1.29, 1.82) is 0 Å². The van der Waals surface area contributed by atoms with Gasteiger partial charge in [-0.1, -0.05) is 43.8 Å². The van der Waals surface area contributed by atoms with Gasteiger partial charge in [-0.25, -0.2) is 4.98 Å². The van der Waals surface area contributed by atoms with Crippen LogP contribution in [0, 0.1) is 12.8 Å². The van der Waals surface area contributed by atoms with Crippen molar-refractivity contribution >= 4 is 28.8 Å². The van der Waals surface area contributed by atoms with Gasteiger partial charge in [-0.05, 0) is 48.2 Å². The van der Waals surface area contributed by atoms with E-state index in [4.69, 9.17) is 4.42 Å². The van der Waals surface area contributed by atoms with Crippen molar-refractivity contribution in [2.45, 2.75) is 31.7 Å². The number of oxazole rings is 1. The number of aromatic nitrogens is 1. The van der Waals surface area contributed by atoms with E-state index in [1.807, 2.05) is 49.4 Å². The van der Waals surface area contributed by atoms with E-state index in [1.165, 1.54) is 5.56 Å². The van der Waals surface area contributed by atoms with Crippen LogP contribution in [0.5, 0.6) is 0 Å². The van der Waals surface area contributed by atoms with Gasteiger partial charge in [0.15, 0.2) is 5.58 Å². The maximum Gasteiger partial charge on any atom is 0.257 e. The Balaban J connectivity index is 1.60. The second-order valence-electron chi connectivity index (χ2n) is 6.54. The number of benzene rings is 2. The van der Waals surface area contributed by atoms with Crippen LogP contribution >= 0.6 is 11.8 Å². The highest BCUT2D eigenvalue weighted by Gasteiger charge is 2.08. The molecule has 130 valence electrons. The summed E-state index contributed by atoms with van der Waals surface area (Å²) in [6, 6.07) is 13.7. The topological polar surface area (TPSA) is 55.1 Å². The number of carbonyl (C=O) groups is 1. The lowest BCUT2D eigenvalue weighted by Crippen LogP contribution is -2.27. The predicted octanol–water partition coefficient (Wildman–Crippen LogP) is 4.81. The van der Waals surface area contributed by atoms with Gasteiger partial charge in [0.05, 0.1) is 0 Å². The molecular weight excluding hydrogens is 332 g/mol. The Morgan fingerprint density at radius 2 is 1.96 bits per heavy atom. The highest BCUT2D eigenvalue weighted by molar-refractivity contribution is 7.98. The second kappa shape index (κ2) is 7.74. The lowest BCUT2D eigenvalue weighted by Gasteiger charge is -2.08. The van der Waals surface area contributed by atoms with Crippen LogP contribution in [0.2, 0.25) is 0 Å². The van der Waals surface area contributed by atoms with Crippen LogP contribution < -0.4 is 5.32 Å². The number of nitrogens with zero attached hydrogens (tertiary/aromatic N) is 1. The molecule has 1 N–H and O–H groups in total. The first-order chi connectivity index (χ1) is 12.0. The molecular formula is C20H22N2O2S. The molecule has 0 aliphatic rings. The normalized spacial score (nSPS) is 11.2. The summed E-state index contributed by atoms with van der Waals surface area (Å²) in [4.78, 5) is 16.5. The van der Waals surface area contributed by atoms with Gasteiger partial charge in [0.1, 0.15) is 5.52 Å². The maximum absolute atomic E-state index is 12.0. The van der Waals surface area contributed by atoms with E-state index in [0.717, 1.165) is 22.4 Å². The molecule has 0 saturated heterocycles. The molecule has 0 aliphatic heterocycles. The number of amides is 1. The van der Waals surface area contributed by atoms with Crippen molar-refractivity contribution in [2.75, 3.05) is 6.54 Å². The third kappa shape index (κ3) is 4.63. The molecule has 0 atom stereocenters. The maximum atomic E-state index is 12.0. The van der Waals surface area contributed by atoms with E-state index >= 15 is 0 Å². The van der Waals surface area contributed by atoms with Gasteiger partial charge < -0.3 is 9.73 Å². The van der Waals surface area contributed by atoms with E-state index in [0.29, 0.717) is 23.2 Å². The van der Waals surface area contributed by atoms with Gasteiger partial charge in [0, 0.05) is 17.9 Å². The number of carbonyl (C=O) groups excluding carboxylic acids is 1. The fraction of sp³-hybridized carbons (Fsp3) is 0.300. The molecule has 4 nitrogen and oxygen atoms in total. The fourth-order valence-electron chi connectivity index (χ4n) is 2.37. The van der Waals surface area contributed by atoms with Gasteiger partial charge in [-0.3, -0.25) is 4.79 Å². The Kier molecular flexibility index (Phi) is 5.43. The van der Waals surface area contributed by atoms with E-state index in [-0.39, 0.29) is 5.91 Å². The van der Waals surface area contributed by atoms with E-state index in [1.54, 1.807) is 11.8 Å². The summed E-state index contributed by atoms with van der Waals surface area (Å²) in [6.45, 7) is 6.88. The van der Waals surface area contributed by atoms with Crippen LogP contribution in [0.25, 0.3) is 11.1 Å². The van der Waals surface area contributed by atoms with Crippen LogP contribution in [-0.4, -0.2) is 17.4 Å². The standard InChI is InChI=1S/C20H22N2O2S/c1-13(2)11-21-19(23)16-7-5-15(6-8-16)12-25-20-22-17-10-14(3)4-9-18(17)24-20/h4-10,13H,11-12H2,1-3H3,(H,21,23). The molecule has 1 amide bonds. The molecule has 5 heteroatoms. The quantitative estimate of drug-likeness (QED) is 0.645. The zero-order valence-corrected chi connectivity index (χ0v) is 15.5. The first-order valence-electron chi connectivity index (χ1n) is 8.38. The summed E-state index contributed by atoms with van der Waals surface area (Å²) in [5.41, 5.74) is 4.68. The van der Waals surface area contributed by atoms with Gasteiger partial charge in [-0.15, -0.1) is 0 Å². The molecule has 0 unspecified atom stereocenters. The minimum Gasteiger partial charge on any atom is -0.431 e. The Morgan fingerprint density at radius 1 is 1.20 bits per heavy atom. The molecule has 0 radical (unpaired) electrons. The van der Waals surface area contributed by atoms with E-state index in [9.17, 15) is 4.79 Å². The first kappa shape index (κ1) is 17.5. The Labute approximate surface area is 152 Å². The van der Waals surface area contributed by atoms with E-state index in [2.05, 4.69) is 24.1 Å². The lowest BCUT2D eigenvalue weighted by atomic mass is 10.1. The SMILES string of the molecule is Cc1ccc2oc(SCc3ccc(C(=O)NCC(C)C)cc3)nc2c1. The third-order valence-electron chi connectivity index (χ3n) is 3.77. The van der Waals surface area contributed by atoms with Gasteiger partial charge >= 0.3 is 0 Å². The van der Waals surface area contributed by atoms with Crippen molar-refractivity contribution in [2.24, 2.45) is 5.92 Å². The number of hydrogen-bond acceptors (Lipinski definition) is 4. The van der Waals surface area contributed by atoms with Crippen LogP contribution in [0.3, 0.4) is 0 Å². The predicted molar refractivity (Wildman–Crippen MR) is 102 cm³/mol. The number of aryl methyl sites for hydroxylation is 1. The summed E-state index contributed by atoms with van der Waals surface area (Å²) >= 11 is 1.56. The second-order valence-corrected chi connectivity index (χ2v) is 7.47. The molecule has 0 fully saturated rings. The summed E-state index contributed by atoms with van der Waals surface area (Å²) in [5.74, 6) is 1.17. The molecule has 3 aromatic rings. The van der Waals surface area contributed by atoms with Crippen molar-refractivity contribution < 1.29 is 9.21 Å². The minimum atomic E-state index is -0.0257. The number of hydrogen-bond donors (Lipinski definition) is 1. The van der Waals surface area contributed by atoms with Crippen LogP contribution in [0.4, 0.5) is 0 Å². The highest BCUT2D eigenvalue weighted by Crippen LogP contribution is 2.26. The van der Waals surface area contributed by atoms with Crippen LogP contribution in [0.1, 0.15) is 35.3 Å². The molecule has 25 heavy (non-hydrogen) atoms. The molecule has 0 spiro atoms. The smallest absolute Gasteiger partial charge is 0.257 e. The summed E-state index contributed by atoms with van der Waals surface area (Å²) in [7, 11) is 0. The molecule has 0 aliphatic carbocycles. The van der Waals surface area contributed by atoms with Gasteiger partial charge in [0.25, 0.3) is 11.1 Å². The Bertz CT molecular complexity index is 869. The minimum absolute atomic E-state index is 0.0257. The van der Waals surface area contributed by atoms with Crippen LogP contribution in [0.15, 0.2) is 52.1 Å². The zero-order valence-electron chi connectivity index (χ0n) is 14.7. The van der Waals surface area contributed by atoms with Crippen molar-refractivity contribution in [3.05, 3.63) is 59.2 Å². The number of thioether (sulfide) groups is 1. The third-order valence-corrected chi connectivity index (χ3v) is 4.67. The average Bonchev–Trinajstić information content (AvgIpc) is 3.00. The molecule has 2 aromatic carbocycles. The average molecular weight is 354 g/mol. The summed E-state index contributed by atoms with van der Waals surface area (Å²) in [6.07, 6.45) is 0. The molecule has 1 aromatic heterocycles. The van der Waals surface area contributed by atoms with Crippen molar-refractivity contribution in [1.82, 2.24) is 10.3 Å². The molecule has 0 saturated carbocycles. The number of rotatable bonds is 6. The molecule has 3 rings (SSSR count). The summed E-state index contributed by atoms with van der Waals surface area (Å²) in [5, 5.41) is 3.59. The number of fused-ring (bicyclic) bond motifs is 1. The molecule has 0 bridgehead atoms. The first-order valence-corrected chi connectivity index (χ1v) is 9.37. The largest absolute Gasteiger partial charge is 0.431 e. The van der Waals surface area contributed by atoms with Crippen LogP contribution in [-0.2, 0) is 5.75 Å². The number of nitrogens with one attached hydrogen (secondary N) is 1. The summed E-state index contributed by atoms with van der Waals surface area (Å²) < 4.78 is 5.75. The fourth-order valence-corrected chi connectivity index (χ4v) is 3.17. The lowest BCUT2D eigenvalue weighted by molar-refractivity contribution is 0.0949.